The monoisotopic (exact) mass is 250 g/mol. The summed E-state index contributed by atoms with van der Waals surface area (Å²) < 4.78 is 15.7. The zero-order chi connectivity index (χ0) is 13.5. The Bertz CT molecular complexity index is 424. The molecule has 0 atom stereocenters. The van der Waals surface area contributed by atoms with Crippen LogP contribution in [0.1, 0.15) is 18.9 Å². The van der Waals surface area contributed by atoms with E-state index in [-0.39, 0.29) is 5.78 Å². The van der Waals surface area contributed by atoms with Gasteiger partial charge in [0.15, 0.2) is 5.78 Å². The van der Waals surface area contributed by atoms with E-state index < -0.39 is 0 Å². The zero-order valence-corrected chi connectivity index (χ0v) is 11.1. The Morgan fingerprint density at radius 3 is 2.06 bits per heavy atom. The number of ketones is 1. The van der Waals surface area contributed by atoms with E-state index in [1.54, 1.807) is 39.5 Å². The molecule has 18 heavy (non-hydrogen) atoms. The standard InChI is InChI=1S/C14H18O4/c1-5-10(15)6-7-12-13(17-3)8-11(16-2)9-14(12)18-4/h6-9H,5H2,1-4H3. The molecule has 0 amide bonds. The molecule has 0 aliphatic rings. The maximum Gasteiger partial charge on any atom is 0.155 e. The van der Waals surface area contributed by atoms with Gasteiger partial charge in [-0.2, -0.15) is 0 Å². The molecular weight excluding hydrogens is 232 g/mol. The first-order chi connectivity index (χ1) is 8.65. The van der Waals surface area contributed by atoms with Crippen molar-refractivity contribution in [2.45, 2.75) is 13.3 Å². The van der Waals surface area contributed by atoms with Gasteiger partial charge in [-0.3, -0.25) is 4.79 Å². The van der Waals surface area contributed by atoms with Gasteiger partial charge in [0.25, 0.3) is 0 Å². The largest absolute Gasteiger partial charge is 0.496 e. The Kier molecular flexibility index (Phi) is 5.24. The average molecular weight is 250 g/mol. The number of rotatable bonds is 6. The predicted molar refractivity (Wildman–Crippen MR) is 70.4 cm³/mol. The molecule has 0 radical (unpaired) electrons. The average Bonchev–Trinajstić information content (AvgIpc) is 2.43. The van der Waals surface area contributed by atoms with Gasteiger partial charge in [0.2, 0.25) is 0 Å². The molecule has 0 N–H and O–H groups in total. The normalized spacial score (nSPS) is 10.4. The first kappa shape index (κ1) is 14.1. The van der Waals surface area contributed by atoms with E-state index in [4.69, 9.17) is 14.2 Å². The molecule has 1 rings (SSSR count). The minimum Gasteiger partial charge on any atom is -0.496 e. The molecule has 0 aliphatic carbocycles. The summed E-state index contributed by atoms with van der Waals surface area (Å²) in [5, 5.41) is 0. The Hall–Kier alpha value is -1.97. The first-order valence-corrected chi connectivity index (χ1v) is 5.67. The highest BCUT2D eigenvalue weighted by Gasteiger charge is 2.10. The quantitative estimate of drug-likeness (QED) is 0.728. The van der Waals surface area contributed by atoms with Crippen LogP contribution in [-0.2, 0) is 4.79 Å². The lowest BCUT2D eigenvalue weighted by molar-refractivity contribution is -0.114. The van der Waals surface area contributed by atoms with Crippen LogP contribution in [0, 0.1) is 0 Å². The number of carbonyl (C=O) groups excluding carboxylic acids is 1. The summed E-state index contributed by atoms with van der Waals surface area (Å²) in [5.74, 6) is 1.90. The lowest BCUT2D eigenvalue weighted by Gasteiger charge is -2.12. The van der Waals surface area contributed by atoms with E-state index in [1.807, 2.05) is 6.92 Å². The van der Waals surface area contributed by atoms with Crippen LogP contribution in [0.3, 0.4) is 0 Å². The fourth-order valence-electron chi connectivity index (χ4n) is 1.49. The molecule has 0 bridgehead atoms. The molecule has 0 fully saturated rings. The summed E-state index contributed by atoms with van der Waals surface area (Å²) in [7, 11) is 4.70. The predicted octanol–water partition coefficient (Wildman–Crippen LogP) is 2.70. The van der Waals surface area contributed by atoms with Crippen LogP contribution in [0.25, 0.3) is 6.08 Å². The minimum atomic E-state index is 0.0509. The third-order valence-corrected chi connectivity index (χ3v) is 2.54. The van der Waals surface area contributed by atoms with Crippen molar-refractivity contribution in [3.8, 4) is 17.2 Å². The summed E-state index contributed by atoms with van der Waals surface area (Å²) in [6.45, 7) is 1.81. The lowest BCUT2D eigenvalue weighted by Crippen LogP contribution is -1.95. The molecule has 0 saturated heterocycles. The number of ether oxygens (including phenoxy) is 3. The Balaban J connectivity index is 3.22. The van der Waals surface area contributed by atoms with Gasteiger partial charge >= 0.3 is 0 Å². The highest BCUT2D eigenvalue weighted by atomic mass is 16.5. The Labute approximate surface area is 107 Å². The van der Waals surface area contributed by atoms with Crippen molar-refractivity contribution >= 4 is 11.9 Å². The van der Waals surface area contributed by atoms with E-state index in [0.717, 1.165) is 5.56 Å². The molecule has 0 aliphatic heterocycles. The lowest BCUT2D eigenvalue weighted by atomic mass is 10.1. The third kappa shape index (κ3) is 3.26. The first-order valence-electron chi connectivity index (χ1n) is 5.67. The highest BCUT2D eigenvalue weighted by molar-refractivity contribution is 5.94. The van der Waals surface area contributed by atoms with Crippen LogP contribution in [0.5, 0.6) is 17.2 Å². The molecule has 0 spiro atoms. The van der Waals surface area contributed by atoms with Crippen LogP contribution in [0.4, 0.5) is 0 Å². The van der Waals surface area contributed by atoms with Gasteiger partial charge in [0, 0.05) is 18.6 Å². The van der Waals surface area contributed by atoms with E-state index >= 15 is 0 Å². The molecule has 0 heterocycles. The number of allylic oxidation sites excluding steroid dienone is 1. The maximum atomic E-state index is 11.3. The second-order valence-electron chi connectivity index (χ2n) is 3.60. The van der Waals surface area contributed by atoms with Crippen LogP contribution < -0.4 is 14.2 Å². The number of hydrogen-bond acceptors (Lipinski definition) is 4. The molecule has 98 valence electrons. The van der Waals surface area contributed by atoms with Crippen LogP contribution in [0.2, 0.25) is 0 Å². The van der Waals surface area contributed by atoms with Gasteiger partial charge in [-0.1, -0.05) is 6.92 Å². The SMILES string of the molecule is CCC(=O)C=Cc1c(OC)cc(OC)cc1OC. The van der Waals surface area contributed by atoms with Crippen molar-refractivity contribution in [2.24, 2.45) is 0 Å². The van der Waals surface area contributed by atoms with E-state index in [2.05, 4.69) is 0 Å². The van der Waals surface area contributed by atoms with Gasteiger partial charge in [0.1, 0.15) is 17.2 Å². The molecule has 1 aromatic carbocycles. The Morgan fingerprint density at radius 2 is 1.67 bits per heavy atom. The third-order valence-electron chi connectivity index (χ3n) is 2.54. The molecule has 4 heteroatoms. The van der Waals surface area contributed by atoms with Crippen LogP contribution in [-0.4, -0.2) is 27.1 Å². The van der Waals surface area contributed by atoms with Gasteiger partial charge in [-0.15, -0.1) is 0 Å². The van der Waals surface area contributed by atoms with Crippen molar-refractivity contribution in [3.63, 3.8) is 0 Å². The molecular formula is C14H18O4. The van der Waals surface area contributed by atoms with Crippen molar-refractivity contribution in [2.75, 3.05) is 21.3 Å². The Morgan fingerprint density at radius 1 is 1.11 bits per heavy atom. The number of hydrogen-bond donors (Lipinski definition) is 0. The highest BCUT2D eigenvalue weighted by Crippen LogP contribution is 2.34. The summed E-state index contributed by atoms with van der Waals surface area (Å²) in [6, 6.07) is 3.50. The van der Waals surface area contributed by atoms with Gasteiger partial charge in [-0.25, -0.2) is 0 Å². The summed E-state index contributed by atoms with van der Waals surface area (Å²) in [5.41, 5.74) is 0.725. The van der Waals surface area contributed by atoms with Gasteiger partial charge in [0.05, 0.1) is 26.9 Å². The van der Waals surface area contributed by atoms with Gasteiger partial charge in [-0.05, 0) is 12.2 Å². The fourth-order valence-corrected chi connectivity index (χ4v) is 1.49. The second kappa shape index (κ2) is 6.69. The zero-order valence-electron chi connectivity index (χ0n) is 11.1. The van der Waals surface area contributed by atoms with E-state index in [0.29, 0.717) is 23.7 Å². The molecule has 0 aromatic heterocycles. The number of methoxy groups -OCH3 is 3. The fraction of sp³-hybridized carbons (Fsp3) is 0.357. The van der Waals surface area contributed by atoms with Crippen molar-refractivity contribution in [3.05, 3.63) is 23.8 Å². The van der Waals surface area contributed by atoms with Crippen molar-refractivity contribution < 1.29 is 19.0 Å². The molecule has 0 unspecified atom stereocenters. The minimum absolute atomic E-state index is 0.0509. The van der Waals surface area contributed by atoms with Crippen LogP contribution in [0.15, 0.2) is 18.2 Å². The van der Waals surface area contributed by atoms with Crippen molar-refractivity contribution in [1.29, 1.82) is 0 Å². The van der Waals surface area contributed by atoms with Crippen molar-refractivity contribution in [1.82, 2.24) is 0 Å². The number of carbonyl (C=O) groups is 1. The van der Waals surface area contributed by atoms with Gasteiger partial charge < -0.3 is 14.2 Å². The maximum absolute atomic E-state index is 11.3. The smallest absolute Gasteiger partial charge is 0.155 e. The molecule has 4 nitrogen and oxygen atoms in total. The summed E-state index contributed by atoms with van der Waals surface area (Å²) >= 11 is 0. The molecule has 0 saturated carbocycles. The van der Waals surface area contributed by atoms with E-state index in [9.17, 15) is 4.79 Å². The number of benzene rings is 1. The summed E-state index contributed by atoms with van der Waals surface area (Å²) in [4.78, 5) is 11.3. The summed E-state index contributed by atoms with van der Waals surface area (Å²) in [6.07, 6.45) is 3.69. The second-order valence-corrected chi connectivity index (χ2v) is 3.60. The van der Waals surface area contributed by atoms with Crippen LogP contribution >= 0.6 is 0 Å². The molecule has 1 aromatic rings. The van der Waals surface area contributed by atoms with E-state index in [1.165, 1.54) is 6.08 Å². The topological polar surface area (TPSA) is 44.8 Å².